The first kappa shape index (κ1) is 12.8. The molecule has 0 fully saturated rings. The Balaban J connectivity index is 2.88. The number of hydrogen-bond donors (Lipinski definition) is 1. The van der Waals surface area contributed by atoms with Crippen molar-refractivity contribution in [1.82, 2.24) is 9.97 Å². The van der Waals surface area contributed by atoms with Crippen molar-refractivity contribution in [2.24, 2.45) is 10.6 Å². The molecule has 92 valence electrons. The number of hydrogen-bond acceptors (Lipinski definition) is 6. The van der Waals surface area contributed by atoms with Gasteiger partial charge in [-0.15, -0.1) is 0 Å². The number of nitro groups is 1. The minimum absolute atomic E-state index is 0.0664. The molecule has 0 aliphatic heterocycles. The fraction of sp³-hybridized carbons (Fsp3) is 0.444. The van der Waals surface area contributed by atoms with E-state index < -0.39 is 22.1 Å². The minimum atomic E-state index is -0.779. The van der Waals surface area contributed by atoms with Gasteiger partial charge >= 0.3 is 11.8 Å². The van der Waals surface area contributed by atoms with Crippen LogP contribution in [0.1, 0.15) is 26.5 Å². The van der Waals surface area contributed by atoms with E-state index in [0.29, 0.717) is 0 Å². The number of rotatable bonds is 2. The maximum absolute atomic E-state index is 11.4. The van der Waals surface area contributed by atoms with E-state index in [0.717, 1.165) is 0 Å². The van der Waals surface area contributed by atoms with Gasteiger partial charge in [0.2, 0.25) is 0 Å². The largest absolute Gasteiger partial charge is 0.435 e. The summed E-state index contributed by atoms with van der Waals surface area (Å²) in [7, 11) is 0. The van der Waals surface area contributed by atoms with Gasteiger partial charge in [0.05, 0.1) is 17.9 Å². The number of H-pyrrole nitrogens is 1. The molecule has 1 heterocycles. The minimum Gasteiger partial charge on any atom is -0.358 e. The fourth-order valence-corrected chi connectivity index (χ4v) is 0.781. The number of carbonyl (C=O) groups is 1. The molecule has 17 heavy (non-hydrogen) atoms. The topological polar surface area (TPSA) is 110 Å². The second-order valence-corrected chi connectivity index (χ2v) is 4.27. The van der Waals surface area contributed by atoms with E-state index in [1.54, 1.807) is 20.8 Å². The highest BCUT2D eigenvalue weighted by atomic mass is 16.7. The van der Waals surface area contributed by atoms with Crippen molar-refractivity contribution >= 4 is 11.8 Å². The molecule has 0 unspecified atom stereocenters. The SMILES string of the molecule is CC(C)(C)C(=O)O/N=C(/c1cnc[nH]1)[N+](=O)[O-]. The van der Waals surface area contributed by atoms with E-state index in [9.17, 15) is 14.9 Å². The summed E-state index contributed by atoms with van der Waals surface area (Å²) in [6.07, 6.45) is 2.48. The van der Waals surface area contributed by atoms with Crippen LogP contribution in [0.3, 0.4) is 0 Å². The van der Waals surface area contributed by atoms with Crippen molar-refractivity contribution in [2.75, 3.05) is 0 Å². The first-order valence-electron chi connectivity index (χ1n) is 4.75. The number of aromatic amines is 1. The normalized spacial score (nSPS) is 12.3. The molecule has 8 nitrogen and oxygen atoms in total. The molecule has 0 spiro atoms. The van der Waals surface area contributed by atoms with Crippen molar-refractivity contribution in [1.29, 1.82) is 0 Å². The van der Waals surface area contributed by atoms with Crippen molar-refractivity contribution in [3.05, 3.63) is 28.3 Å². The van der Waals surface area contributed by atoms with Crippen LogP contribution in [0.4, 0.5) is 0 Å². The zero-order valence-electron chi connectivity index (χ0n) is 9.63. The van der Waals surface area contributed by atoms with Gasteiger partial charge in [0.25, 0.3) is 0 Å². The highest BCUT2D eigenvalue weighted by Crippen LogP contribution is 2.15. The van der Waals surface area contributed by atoms with E-state index >= 15 is 0 Å². The summed E-state index contributed by atoms with van der Waals surface area (Å²) in [6.45, 7) is 4.85. The molecule has 0 bridgehead atoms. The second-order valence-electron chi connectivity index (χ2n) is 4.27. The predicted octanol–water partition coefficient (Wildman–Crippen LogP) is 0.937. The molecule has 1 N–H and O–H groups in total. The van der Waals surface area contributed by atoms with E-state index in [-0.39, 0.29) is 5.69 Å². The van der Waals surface area contributed by atoms with Gasteiger partial charge in [-0.05, 0) is 25.7 Å². The number of amidine groups is 1. The zero-order valence-corrected chi connectivity index (χ0v) is 9.63. The number of carbonyl (C=O) groups excluding carboxylic acids is 1. The maximum atomic E-state index is 11.4. The van der Waals surface area contributed by atoms with Crippen LogP contribution in [0, 0.1) is 15.5 Å². The molecule has 0 saturated carbocycles. The third-order valence-corrected chi connectivity index (χ3v) is 1.74. The van der Waals surface area contributed by atoms with Crippen LogP contribution in [0.25, 0.3) is 0 Å². The van der Waals surface area contributed by atoms with Crippen LogP contribution in [0.15, 0.2) is 17.7 Å². The van der Waals surface area contributed by atoms with Crippen LogP contribution < -0.4 is 0 Å². The molecule has 1 rings (SSSR count). The lowest BCUT2D eigenvalue weighted by Gasteiger charge is -2.10. The van der Waals surface area contributed by atoms with Gasteiger partial charge in [0, 0.05) is 0 Å². The molecular formula is C9H12N4O4. The number of nitrogens with zero attached hydrogens (tertiary/aromatic N) is 3. The summed E-state index contributed by atoms with van der Waals surface area (Å²) in [5.74, 6) is -1.25. The maximum Gasteiger partial charge on any atom is 0.435 e. The van der Waals surface area contributed by atoms with Crippen molar-refractivity contribution in [3.8, 4) is 0 Å². The molecule has 1 aromatic heterocycles. The summed E-state index contributed by atoms with van der Waals surface area (Å²) in [5.41, 5.74) is -0.712. The number of aromatic nitrogens is 2. The molecule has 0 atom stereocenters. The predicted molar refractivity (Wildman–Crippen MR) is 57.7 cm³/mol. The Bertz CT molecular complexity index is 444. The van der Waals surface area contributed by atoms with Crippen molar-refractivity contribution in [3.63, 3.8) is 0 Å². The van der Waals surface area contributed by atoms with Crippen LogP contribution in [-0.4, -0.2) is 26.7 Å². The Morgan fingerprint density at radius 3 is 2.65 bits per heavy atom. The highest BCUT2D eigenvalue weighted by Gasteiger charge is 2.28. The van der Waals surface area contributed by atoms with Crippen molar-refractivity contribution in [2.45, 2.75) is 20.8 Å². The summed E-state index contributed by atoms with van der Waals surface area (Å²) < 4.78 is 0. The van der Waals surface area contributed by atoms with Crippen LogP contribution >= 0.6 is 0 Å². The quantitative estimate of drug-likeness (QED) is 0.272. The summed E-state index contributed by atoms with van der Waals surface area (Å²) >= 11 is 0. The third kappa shape index (κ3) is 3.37. The molecule has 0 saturated heterocycles. The molecule has 0 aliphatic rings. The van der Waals surface area contributed by atoms with E-state index in [1.807, 2.05) is 0 Å². The molecule has 0 amide bonds. The smallest absolute Gasteiger partial charge is 0.358 e. The first-order chi connectivity index (χ1) is 7.82. The number of imidazole rings is 1. The Hall–Kier alpha value is -2.25. The average molecular weight is 240 g/mol. The fourth-order valence-electron chi connectivity index (χ4n) is 0.781. The van der Waals surface area contributed by atoms with E-state index in [1.165, 1.54) is 12.5 Å². The first-order valence-corrected chi connectivity index (χ1v) is 4.75. The van der Waals surface area contributed by atoms with Crippen LogP contribution in [-0.2, 0) is 9.63 Å². The Morgan fingerprint density at radius 1 is 1.59 bits per heavy atom. The van der Waals surface area contributed by atoms with Gasteiger partial charge in [0.15, 0.2) is 10.8 Å². The average Bonchev–Trinajstić information content (AvgIpc) is 2.69. The van der Waals surface area contributed by atoms with E-state index in [4.69, 9.17) is 0 Å². The Morgan fingerprint density at radius 2 is 2.24 bits per heavy atom. The lowest BCUT2D eigenvalue weighted by molar-refractivity contribution is -0.351. The van der Waals surface area contributed by atoms with E-state index in [2.05, 4.69) is 20.0 Å². The lowest BCUT2D eigenvalue weighted by Crippen LogP contribution is -2.23. The molecular weight excluding hydrogens is 228 g/mol. The molecule has 0 radical (unpaired) electrons. The third-order valence-electron chi connectivity index (χ3n) is 1.74. The monoisotopic (exact) mass is 240 g/mol. The highest BCUT2D eigenvalue weighted by molar-refractivity contribution is 5.90. The standard InChI is InChI=1S/C9H12N4O4/c1-9(2,3)8(14)17-12-7(13(15)16)6-4-10-5-11-6/h4-5H,1-3H3,(H,10,11)/b12-7-. The van der Waals surface area contributed by atoms with Gasteiger partial charge in [-0.2, -0.15) is 0 Å². The number of nitrogens with one attached hydrogen (secondary N) is 1. The van der Waals surface area contributed by atoms with Crippen LogP contribution in [0.2, 0.25) is 0 Å². The molecule has 0 aromatic carbocycles. The molecule has 0 aliphatic carbocycles. The Kier molecular flexibility index (Phi) is 3.56. The summed E-state index contributed by atoms with van der Waals surface area (Å²) in [5, 5.41) is 13.9. The lowest BCUT2D eigenvalue weighted by atomic mass is 9.98. The molecule has 8 heteroatoms. The Labute approximate surface area is 96.8 Å². The van der Waals surface area contributed by atoms with Crippen LogP contribution in [0.5, 0.6) is 0 Å². The summed E-state index contributed by atoms with van der Waals surface area (Å²) in [6, 6.07) is 0. The zero-order chi connectivity index (χ0) is 13.1. The van der Waals surface area contributed by atoms with Gasteiger partial charge in [-0.1, -0.05) is 0 Å². The number of oxime groups is 1. The summed E-state index contributed by atoms with van der Waals surface area (Å²) in [4.78, 5) is 32.0. The second kappa shape index (κ2) is 4.73. The van der Waals surface area contributed by atoms with Gasteiger partial charge in [0.1, 0.15) is 0 Å². The van der Waals surface area contributed by atoms with Crippen molar-refractivity contribution < 1.29 is 14.6 Å². The van der Waals surface area contributed by atoms with Gasteiger partial charge < -0.3 is 15.1 Å². The molecule has 1 aromatic rings. The van der Waals surface area contributed by atoms with Gasteiger partial charge in [-0.3, -0.25) is 0 Å². The van der Waals surface area contributed by atoms with Gasteiger partial charge in [-0.25, -0.2) is 14.6 Å².